The van der Waals surface area contributed by atoms with Crippen LogP contribution in [0.25, 0.3) is 10.9 Å². The molecule has 0 atom stereocenters. The molecule has 1 aromatic heterocycles. The minimum absolute atomic E-state index is 0.0278. The quantitative estimate of drug-likeness (QED) is 0.749. The van der Waals surface area contributed by atoms with Crippen molar-refractivity contribution in [2.24, 2.45) is 5.73 Å². The first kappa shape index (κ1) is 16.9. The van der Waals surface area contributed by atoms with E-state index in [9.17, 15) is 4.79 Å². The summed E-state index contributed by atoms with van der Waals surface area (Å²) in [5.74, 6) is -0.660. The van der Waals surface area contributed by atoms with Gasteiger partial charge in [-0.05, 0) is 55.4 Å². The van der Waals surface area contributed by atoms with E-state index in [1.54, 1.807) is 0 Å². The average Bonchev–Trinajstić information content (AvgIpc) is 2.59. The van der Waals surface area contributed by atoms with E-state index >= 15 is 0 Å². The van der Waals surface area contributed by atoms with Gasteiger partial charge in [0.2, 0.25) is 0 Å². The Morgan fingerprint density at radius 3 is 2.44 bits per heavy atom. The topological polar surface area (TPSA) is 94.9 Å². The van der Waals surface area contributed by atoms with Gasteiger partial charge in [0.05, 0.1) is 11.2 Å². The molecular formula is C20H22N4O. The van der Waals surface area contributed by atoms with Crippen LogP contribution in [0.4, 0.5) is 5.69 Å². The number of anilines is 1. The molecule has 0 spiro atoms. The van der Waals surface area contributed by atoms with Crippen LogP contribution in [-0.2, 0) is 12.8 Å². The van der Waals surface area contributed by atoms with Crippen LogP contribution in [0.2, 0.25) is 0 Å². The van der Waals surface area contributed by atoms with Crippen LogP contribution >= 0.6 is 0 Å². The summed E-state index contributed by atoms with van der Waals surface area (Å²) in [5, 5.41) is 8.83. The third-order valence-electron chi connectivity index (χ3n) is 4.76. The molecule has 0 aliphatic heterocycles. The van der Waals surface area contributed by atoms with Crippen LogP contribution in [0.15, 0.2) is 36.4 Å². The molecule has 0 saturated carbocycles. The first-order valence-electron chi connectivity index (χ1n) is 8.37. The van der Waals surface area contributed by atoms with Crippen molar-refractivity contribution >= 4 is 22.5 Å². The van der Waals surface area contributed by atoms with Crippen molar-refractivity contribution in [1.82, 2.24) is 10.2 Å². The molecule has 25 heavy (non-hydrogen) atoms. The van der Waals surface area contributed by atoms with E-state index < -0.39 is 5.91 Å². The molecule has 128 valence electrons. The molecule has 5 heteroatoms. The molecule has 0 bridgehead atoms. The standard InChI is InChI=1S/C20H22N4O/c1-12-6-3-7-14(13(12)2)8-4-9-15-10-5-11-16-17(21)19(20(22)25)24-23-18(15)16/h3,5-7,10-11H,4,8-9H2,1-2H3,(H2,21,23)(H2,22,25). The van der Waals surface area contributed by atoms with Gasteiger partial charge < -0.3 is 11.5 Å². The van der Waals surface area contributed by atoms with E-state index in [-0.39, 0.29) is 5.69 Å². The number of hydrogen-bond acceptors (Lipinski definition) is 4. The number of benzene rings is 2. The van der Waals surface area contributed by atoms with Crippen molar-refractivity contribution in [2.75, 3.05) is 5.73 Å². The number of carbonyl (C=O) groups is 1. The highest BCUT2D eigenvalue weighted by Gasteiger charge is 2.14. The number of nitrogens with two attached hydrogens (primary N) is 2. The summed E-state index contributed by atoms with van der Waals surface area (Å²) in [6.45, 7) is 4.30. The third-order valence-corrected chi connectivity index (χ3v) is 4.76. The number of primary amides is 1. The van der Waals surface area contributed by atoms with Gasteiger partial charge in [0.15, 0.2) is 5.69 Å². The van der Waals surface area contributed by atoms with E-state index in [2.05, 4.69) is 42.2 Å². The van der Waals surface area contributed by atoms with Gasteiger partial charge in [0, 0.05) is 5.39 Å². The Morgan fingerprint density at radius 1 is 1.00 bits per heavy atom. The molecule has 3 rings (SSSR count). The summed E-state index contributed by atoms with van der Waals surface area (Å²) in [6, 6.07) is 12.2. The van der Waals surface area contributed by atoms with Crippen molar-refractivity contribution in [3.05, 3.63) is 64.3 Å². The number of hydrogen-bond donors (Lipinski definition) is 2. The number of carbonyl (C=O) groups excluding carboxylic acids is 1. The maximum atomic E-state index is 11.4. The lowest BCUT2D eigenvalue weighted by Crippen LogP contribution is -2.17. The van der Waals surface area contributed by atoms with Gasteiger partial charge >= 0.3 is 0 Å². The van der Waals surface area contributed by atoms with Crippen LogP contribution in [0.5, 0.6) is 0 Å². The molecule has 0 aliphatic carbocycles. The van der Waals surface area contributed by atoms with Crippen molar-refractivity contribution in [2.45, 2.75) is 33.1 Å². The van der Waals surface area contributed by atoms with Crippen molar-refractivity contribution < 1.29 is 4.79 Å². The zero-order chi connectivity index (χ0) is 18.0. The van der Waals surface area contributed by atoms with Gasteiger partial charge in [-0.15, -0.1) is 10.2 Å². The summed E-state index contributed by atoms with van der Waals surface area (Å²) < 4.78 is 0. The summed E-state index contributed by atoms with van der Waals surface area (Å²) in [4.78, 5) is 11.4. The van der Waals surface area contributed by atoms with Crippen LogP contribution in [0.1, 0.15) is 39.2 Å². The average molecular weight is 334 g/mol. The Balaban J connectivity index is 1.83. The van der Waals surface area contributed by atoms with E-state index in [0.29, 0.717) is 5.69 Å². The van der Waals surface area contributed by atoms with Crippen LogP contribution in [0.3, 0.4) is 0 Å². The monoisotopic (exact) mass is 334 g/mol. The first-order valence-corrected chi connectivity index (χ1v) is 8.37. The Bertz CT molecular complexity index is 950. The molecule has 0 unspecified atom stereocenters. The molecule has 0 fully saturated rings. The second-order valence-electron chi connectivity index (χ2n) is 6.35. The zero-order valence-corrected chi connectivity index (χ0v) is 14.5. The van der Waals surface area contributed by atoms with Crippen LogP contribution < -0.4 is 11.5 Å². The Labute approximate surface area is 147 Å². The van der Waals surface area contributed by atoms with Crippen LogP contribution in [0, 0.1) is 13.8 Å². The lowest BCUT2D eigenvalue weighted by Gasteiger charge is -2.10. The molecule has 0 aliphatic rings. The fourth-order valence-corrected chi connectivity index (χ4v) is 3.14. The summed E-state index contributed by atoms with van der Waals surface area (Å²) in [6.07, 6.45) is 2.88. The molecular weight excluding hydrogens is 312 g/mol. The lowest BCUT2D eigenvalue weighted by atomic mass is 9.97. The number of aryl methyl sites for hydroxylation is 3. The minimum atomic E-state index is -0.660. The highest BCUT2D eigenvalue weighted by Crippen LogP contribution is 2.25. The molecule has 0 saturated heterocycles. The summed E-state index contributed by atoms with van der Waals surface area (Å²) >= 11 is 0. The number of rotatable bonds is 5. The normalized spacial score (nSPS) is 11.0. The Kier molecular flexibility index (Phi) is 4.65. The molecule has 5 nitrogen and oxygen atoms in total. The van der Waals surface area contributed by atoms with Crippen molar-refractivity contribution in [3.63, 3.8) is 0 Å². The van der Waals surface area contributed by atoms with E-state index in [0.717, 1.165) is 35.7 Å². The van der Waals surface area contributed by atoms with Gasteiger partial charge in [-0.1, -0.05) is 36.4 Å². The predicted molar refractivity (Wildman–Crippen MR) is 100 cm³/mol. The van der Waals surface area contributed by atoms with Gasteiger partial charge in [-0.25, -0.2) is 0 Å². The molecule has 3 aromatic rings. The molecule has 1 heterocycles. The largest absolute Gasteiger partial charge is 0.396 e. The number of aromatic nitrogens is 2. The first-order chi connectivity index (χ1) is 12.0. The fraction of sp³-hybridized carbons (Fsp3) is 0.250. The maximum Gasteiger partial charge on any atom is 0.271 e. The Morgan fingerprint density at radius 2 is 1.68 bits per heavy atom. The minimum Gasteiger partial charge on any atom is -0.396 e. The fourth-order valence-electron chi connectivity index (χ4n) is 3.14. The van der Waals surface area contributed by atoms with E-state index in [4.69, 9.17) is 11.5 Å². The molecule has 1 amide bonds. The van der Waals surface area contributed by atoms with E-state index in [1.807, 2.05) is 18.2 Å². The highest BCUT2D eigenvalue weighted by molar-refractivity contribution is 6.04. The number of nitrogens with zero attached hydrogens (tertiary/aromatic N) is 2. The second-order valence-corrected chi connectivity index (χ2v) is 6.35. The summed E-state index contributed by atoms with van der Waals surface area (Å²) in [5.41, 5.74) is 17.5. The number of amides is 1. The number of nitrogen functional groups attached to an aromatic ring is 1. The highest BCUT2D eigenvalue weighted by atomic mass is 16.1. The smallest absolute Gasteiger partial charge is 0.271 e. The number of fused-ring (bicyclic) bond motifs is 1. The van der Waals surface area contributed by atoms with E-state index in [1.165, 1.54) is 16.7 Å². The molecule has 2 aromatic carbocycles. The maximum absolute atomic E-state index is 11.4. The SMILES string of the molecule is Cc1cccc(CCCc2cccc3c(N)c(C(N)=O)nnc23)c1C. The van der Waals surface area contributed by atoms with Gasteiger partial charge in [0.25, 0.3) is 5.91 Å². The van der Waals surface area contributed by atoms with Gasteiger partial charge in [-0.2, -0.15) is 0 Å². The molecule has 0 radical (unpaired) electrons. The van der Waals surface area contributed by atoms with Gasteiger partial charge in [0.1, 0.15) is 0 Å². The zero-order valence-electron chi connectivity index (χ0n) is 14.5. The Hall–Kier alpha value is -2.95. The second kappa shape index (κ2) is 6.89. The lowest BCUT2D eigenvalue weighted by molar-refractivity contribution is 0.0996. The predicted octanol–water partition coefficient (Wildman–Crippen LogP) is 3.10. The summed E-state index contributed by atoms with van der Waals surface area (Å²) in [7, 11) is 0. The van der Waals surface area contributed by atoms with Crippen LogP contribution in [-0.4, -0.2) is 16.1 Å². The molecule has 4 N–H and O–H groups in total. The van der Waals surface area contributed by atoms with Crippen molar-refractivity contribution in [3.8, 4) is 0 Å². The van der Waals surface area contributed by atoms with Gasteiger partial charge in [-0.3, -0.25) is 4.79 Å². The van der Waals surface area contributed by atoms with Crippen molar-refractivity contribution in [1.29, 1.82) is 0 Å². The third kappa shape index (κ3) is 3.31.